The Labute approximate surface area is 101 Å². The van der Waals surface area contributed by atoms with Crippen LogP contribution in [-0.4, -0.2) is 5.78 Å². The standard InChI is InChI=1S/C15H28O/c1-11(2)13(16)15(12(3)4)9-7-14(5,6)8-10-15/h11-12H,7-10H2,1-6H3. The van der Waals surface area contributed by atoms with Crippen LogP contribution in [0.5, 0.6) is 0 Å². The van der Waals surface area contributed by atoms with E-state index in [0.717, 1.165) is 12.8 Å². The molecule has 1 nitrogen and oxygen atoms in total. The Morgan fingerprint density at radius 3 is 1.69 bits per heavy atom. The van der Waals surface area contributed by atoms with E-state index in [9.17, 15) is 4.79 Å². The average molecular weight is 224 g/mol. The second-order valence-electron chi connectivity index (χ2n) is 6.99. The third kappa shape index (κ3) is 2.49. The van der Waals surface area contributed by atoms with Crippen molar-refractivity contribution in [2.75, 3.05) is 0 Å². The summed E-state index contributed by atoms with van der Waals surface area (Å²) in [5, 5.41) is 0. The fourth-order valence-electron chi connectivity index (χ4n) is 3.06. The lowest BCUT2D eigenvalue weighted by molar-refractivity contribution is -0.138. The molecule has 16 heavy (non-hydrogen) atoms. The first-order valence-corrected chi connectivity index (χ1v) is 6.76. The summed E-state index contributed by atoms with van der Waals surface area (Å²) in [5.74, 6) is 1.17. The van der Waals surface area contributed by atoms with Gasteiger partial charge in [-0.15, -0.1) is 0 Å². The third-order valence-corrected chi connectivity index (χ3v) is 4.62. The predicted octanol–water partition coefficient (Wildman–Crippen LogP) is 4.45. The lowest BCUT2D eigenvalue weighted by Gasteiger charge is -2.46. The molecule has 1 heteroatoms. The number of hydrogen-bond acceptors (Lipinski definition) is 1. The van der Waals surface area contributed by atoms with Crippen LogP contribution in [0, 0.1) is 22.7 Å². The molecule has 1 saturated carbocycles. The van der Waals surface area contributed by atoms with Crippen molar-refractivity contribution in [3.05, 3.63) is 0 Å². The largest absolute Gasteiger partial charge is 0.299 e. The van der Waals surface area contributed by atoms with Gasteiger partial charge in [0.2, 0.25) is 0 Å². The molecular formula is C15H28O. The maximum Gasteiger partial charge on any atom is 0.141 e. The van der Waals surface area contributed by atoms with Crippen molar-refractivity contribution in [2.24, 2.45) is 22.7 Å². The van der Waals surface area contributed by atoms with Crippen molar-refractivity contribution in [1.29, 1.82) is 0 Å². The molecule has 94 valence electrons. The first-order chi connectivity index (χ1) is 7.21. The summed E-state index contributed by atoms with van der Waals surface area (Å²) in [5.41, 5.74) is 0.416. The van der Waals surface area contributed by atoms with Gasteiger partial charge in [-0.1, -0.05) is 41.5 Å². The summed E-state index contributed by atoms with van der Waals surface area (Å²) < 4.78 is 0. The molecule has 0 bridgehead atoms. The Balaban J connectivity index is 2.89. The SMILES string of the molecule is CC(C)C(=O)C1(C(C)C)CCC(C)(C)CC1. The summed E-state index contributed by atoms with van der Waals surface area (Å²) in [6.45, 7) is 13.2. The van der Waals surface area contributed by atoms with Crippen LogP contribution < -0.4 is 0 Å². The van der Waals surface area contributed by atoms with E-state index in [1.54, 1.807) is 0 Å². The fraction of sp³-hybridized carbons (Fsp3) is 0.933. The first-order valence-electron chi connectivity index (χ1n) is 6.76. The van der Waals surface area contributed by atoms with Gasteiger partial charge >= 0.3 is 0 Å². The zero-order valence-corrected chi connectivity index (χ0v) is 11.9. The zero-order chi connectivity index (χ0) is 12.6. The van der Waals surface area contributed by atoms with Crippen LogP contribution in [0.1, 0.15) is 67.2 Å². The zero-order valence-electron chi connectivity index (χ0n) is 11.9. The molecule has 1 aliphatic carbocycles. The maximum atomic E-state index is 12.5. The highest BCUT2D eigenvalue weighted by molar-refractivity contribution is 5.86. The van der Waals surface area contributed by atoms with E-state index in [1.165, 1.54) is 12.8 Å². The molecule has 0 atom stereocenters. The van der Waals surface area contributed by atoms with Crippen molar-refractivity contribution in [1.82, 2.24) is 0 Å². The molecule has 0 aliphatic heterocycles. The van der Waals surface area contributed by atoms with Gasteiger partial charge in [0.15, 0.2) is 0 Å². The summed E-state index contributed by atoms with van der Waals surface area (Å²) in [6, 6.07) is 0. The average Bonchev–Trinajstić information content (AvgIpc) is 2.16. The van der Waals surface area contributed by atoms with E-state index < -0.39 is 0 Å². The highest BCUT2D eigenvalue weighted by Gasteiger charge is 2.46. The molecule has 1 fully saturated rings. The highest BCUT2D eigenvalue weighted by Crippen LogP contribution is 2.50. The van der Waals surface area contributed by atoms with Gasteiger partial charge in [-0.25, -0.2) is 0 Å². The van der Waals surface area contributed by atoms with E-state index in [2.05, 4.69) is 27.7 Å². The van der Waals surface area contributed by atoms with E-state index in [4.69, 9.17) is 0 Å². The molecule has 0 radical (unpaired) electrons. The number of carbonyl (C=O) groups is 1. The van der Waals surface area contributed by atoms with Crippen molar-refractivity contribution in [2.45, 2.75) is 67.2 Å². The summed E-state index contributed by atoms with van der Waals surface area (Å²) in [7, 11) is 0. The summed E-state index contributed by atoms with van der Waals surface area (Å²) in [4.78, 5) is 12.5. The maximum absolute atomic E-state index is 12.5. The van der Waals surface area contributed by atoms with E-state index >= 15 is 0 Å². The lowest BCUT2D eigenvalue weighted by atomic mass is 9.57. The second kappa shape index (κ2) is 4.50. The predicted molar refractivity (Wildman–Crippen MR) is 69.4 cm³/mol. The number of Topliss-reactive ketones (excluding diaryl/α,β-unsaturated/α-hetero) is 1. The van der Waals surface area contributed by atoms with Crippen LogP contribution in [0.15, 0.2) is 0 Å². The van der Waals surface area contributed by atoms with Gasteiger partial charge in [0.1, 0.15) is 5.78 Å². The molecular weight excluding hydrogens is 196 g/mol. The van der Waals surface area contributed by atoms with Gasteiger partial charge in [0.25, 0.3) is 0 Å². The molecule has 1 rings (SSSR count). The smallest absolute Gasteiger partial charge is 0.141 e. The normalized spacial score (nSPS) is 23.8. The molecule has 0 spiro atoms. The topological polar surface area (TPSA) is 17.1 Å². The minimum Gasteiger partial charge on any atom is -0.299 e. The highest BCUT2D eigenvalue weighted by atomic mass is 16.1. The van der Waals surface area contributed by atoms with Crippen molar-refractivity contribution in [3.63, 3.8) is 0 Å². The van der Waals surface area contributed by atoms with Gasteiger partial charge in [-0.2, -0.15) is 0 Å². The lowest BCUT2D eigenvalue weighted by Crippen LogP contribution is -2.43. The monoisotopic (exact) mass is 224 g/mol. The van der Waals surface area contributed by atoms with Crippen LogP contribution >= 0.6 is 0 Å². The van der Waals surface area contributed by atoms with E-state index in [1.807, 2.05) is 13.8 Å². The molecule has 0 aromatic carbocycles. The van der Waals surface area contributed by atoms with Gasteiger partial charge in [-0.05, 0) is 37.0 Å². The Morgan fingerprint density at radius 2 is 1.38 bits per heavy atom. The van der Waals surface area contributed by atoms with Gasteiger partial charge < -0.3 is 0 Å². The van der Waals surface area contributed by atoms with Crippen LogP contribution in [-0.2, 0) is 4.79 Å². The second-order valence-corrected chi connectivity index (χ2v) is 6.99. The number of rotatable bonds is 3. The molecule has 0 amide bonds. The van der Waals surface area contributed by atoms with Crippen LogP contribution in [0.4, 0.5) is 0 Å². The quantitative estimate of drug-likeness (QED) is 0.692. The molecule has 0 aromatic rings. The van der Waals surface area contributed by atoms with Crippen LogP contribution in [0.3, 0.4) is 0 Å². The van der Waals surface area contributed by atoms with Crippen molar-refractivity contribution < 1.29 is 4.79 Å². The van der Waals surface area contributed by atoms with Crippen LogP contribution in [0.2, 0.25) is 0 Å². The van der Waals surface area contributed by atoms with Crippen molar-refractivity contribution >= 4 is 5.78 Å². The Bertz CT molecular complexity index is 251. The minimum absolute atomic E-state index is 0.0241. The van der Waals surface area contributed by atoms with E-state index in [-0.39, 0.29) is 11.3 Å². The number of ketones is 1. The summed E-state index contributed by atoms with van der Waals surface area (Å²) >= 11 is 0. The fourth-order valence-corrected chi connectivity index (χ4v) is 3.06. The number of hydrogen-bond donors (Lipinski definition) is 0. The minimum atomic E-state index is -0.0241. The Hall–Kier alpha value is -0.330. The molecule has 0 N–H and O–H groups in total. The summed E-state index contributed by atoms with van der Waals surface area (Å²) in [6.07, 6.45) is 4.58. The Morgan fingerprint density at radius 1 is 0.938 bits per heavy atom. The van der Waals surface area contributed by atoms with Crippen molar-refractivity contribution in [3.8, 4) is 0 Å². The van der Waals surface area contributed by atoms with Gasteiger partial charge in [0.05, 0.1) is 0 Å². The first kappa shape index (κ1) is 13.7. The molecule has 0 saturated heterocycles. The van der Waals surface area contributed by atoms with Gasteiger partial charge in [0, 0.05) is 11.3 Å². The molecule has 0 unspecified atom stereocenters. The number of carbonyl (C=O) groups excluding carboxylic acids is 1. The molecule has 0 heterocycles. The van der Waals surface area contributed by atoms with Crippen LogP contribution in [0.25, 0.3) is 0 Å². The molecule has 1 aliphatic rings. The third-order valence-electron chi connectivity index (χ3n) is 4.62. The van der Waals surface area contributed by atoms with E-state index in [0.29, 0.717) is 17.1 Å². The Kier molecular flexibility index (Phi) is 3.87. The van der Waals surface area contributed by atoms with Gasteiger partial charge in [-0.3, -0.25) is 4.79 Å². The molecule has 0 aromatic heterocycles.